The van der Waals surface area contributed by atoms with Crippen molar-refractivity contribution < 1.29 is 18.7 Å². The number of ether oxygens (including phenoxy) is 1. The third kappa shape index (κ3) is 2.90. The van der Waals surface area contributed by atoms with E-state index in [1.54, 1.807) is 30.6 Å². The number of benzene rings is 1. The van der Waals surface area contributed by atoms with Crippen LogP contribution < -0.4 is 15.8 Å². The molecule has 1 aliphatic heterocycles. The lowest BCUT2D eigenvalue weighted by Gasteiger charge is -2.19. The van der Waals surface area contributed by atoms with Crippen LogP contribution in [0.1, 0.15) is 23.7 Å². The van der Waals surface area contributed by atoms with Gasteiger partial charge in [-0.15, -0.1) is 0 Å². The van der Waals surface area contributed by atoms with Crippen molar-refractivity contribution >= 4 is 33.5 Å². The Kier molecular flexibility index (Phi) is 4.54. The molecule has 3 atom stereocenters. The number of nitrogens with zero attached hydrogens (tertiary/aromatic N) is 2. The van der Waals surface area contributed by atoms with Crippen molar-refractivity contribution in [2.45, 2.75) is 25.6 Å². The summed E-state index contributed by atoms with van der Waals surface area (Å²) in [4.78, 5) is 32.1. The Balaban J connectivity index is 1.75. The minimum absolute atomic E-state index is 0.0934. The molecule has 1 fully saturated rings. The van der Waals surface area contributed by atoms with Gasteiger partial charge in [-0.25, -0.2) is 9.37 Å². The molecular formula is C20H19FN4O3. The Morgan fingerprint density at radius 2 is 2.14 bits per heavy atom. The van der Waals surface area contributed by atoms with Gasteiger partial charge in [0, 0.05) is 23.7 Å². The Bertz CT molecular complexity index is 1090. The van der Waals surface area contributed by atoms with Crippen molar-refractivity contribution in [3.63, 3.8) is 0 Å². The molecule has 3 unspecified atom stereocenters. The highest BCUT2D eigenvalue weighted by Crippen LogP contribution is 2.33. The van der Waals surface area contributed by atoms with Crippen LogP contribution in [0.3, 0.4) is 0 Å². The number of nitrogens with two attached hydrogens (primary N) is 1. The van der Waals surface area contributed by atoms with Crippen LogP contribution in [0.4, 0.5) is 4.39 Å². The zero-order valence-electron chi connectivity index (χ0n) is 15.2. The van der Waals surface area contributed by atoms with Crippen molar-refractivity contribution in [2.24, 2.45) is 11.7 Å². The fourth-order valence-electron chi connectivity index (χ4n) is 3.78. The second-order valence-corrected chi connectivity index (χ2v) is 6.80. The third-order valence-electron chi connectivity index (χ3n) is 5.19. The number of pyridine rings is 2. The second-order valence-electron chi connectivity index (χ2n) is 6.80. The number of rotatable bonds is 5. The zero-order chi connectivity index (χ0) is 19.8. The maximum Gasteiger partial charge on any atom is 0.255 e. The monoisotopic (exact) mass is 382 g/mol. The van der Waals surface area contributed by atoms with Gasteiger partial charge in [-0.1, -0.05) is 13.0 Å². The smallest absolute Gasteiger partial charge is 0.255 e. The van der Waals surface area contributed by atoms with Crippen LogP contribution in [0, 0.1) is 5.92 Å². The van der Waals surface area contributed by atoms with Crippen molar-refractivity contribution in [3.05, 3.63) is 42.2 Å². The van der Waals surface area contributed by atoms with Gasteiger partial charge in [-0.05, 0) is 30.0 Å². The number of primary amides is 1. The summed E-state index contributed by atoms with van der Waals surface area (Å²) in [6.45, 7) is 1.93. The van der Waals surface area contributed by atoms with E-state index in [1.165, 1.54) is 0 Å². The van der Waals surface area contributed by atoms with Crippen LogP contribution in [0.2, 0.25) is 0 Å². The molecule has 1 saturated heterocycles. The van der Waals surface area contributed by atoms with Gasteiger partial charge in [0.25, 0.3) is 11.8 Å². The molecule has 4 rings (SSSR count). The van der Waals surface area contributed by atoms with Crippen LogP contribution in [0.5, 0.6) is 5.88 Å². The van der Waals surface area contributed by atoms with Crippen molar-refractivity contribution in [3.8, 4) is 5.88 Å². The molecule has 0 bridgehead atoms. The number of aromatic nitrogens is 2. The molecule has 8 heteroatoms. The highest BCUT2D eigenvalue weighted by Gasteiger charge is 2.41. The molecule has 3 N–H and O–H groups in total. The summed E-state index contributed by atoms with van der Waals surface area (Å²) in [6.07, 6.45) is 2.14. The van der Waals surface area contributed by atoms with Crippen LogP contribution in [-0.4, -0.2) is 40.6 Å². The maximum absolute atomic E-state index is 14.0. The Morgan fingerprint density at radius 1 is 1.32 bits per heavy atom. The first-order valence-electron chi connectivity index (χ1n) is 9.04. The summed E-state index contributed by atoms with van der Waals surface area (Å²) in [5.74, 6) is -1.29. The third-order valence-corrected chi connectivity index (χ3v) is 5.19. The van der Waals surface area contributed by atoms with Gasteiger partial charge >= 0.3 is 0 Å². The molecular weight excluding hydrogens is 363 g/mol. The number of hydrogen-bond acceptors (Lipinski definition) is 5. The first-order chi connectivity index (χ1) is 13.5. The van der Waals surface area contributed by atoms with Gasteiger partial charge in [0.15, 0.2) is 6.17 Å². The van der Waals surface area contributed by atoms with E-state index in [9.17, 15) is 14.0 Å². The van der Waals surface area contributed by atoms with Gasteiger partial charge in [0.1, 0.15) is 6.61 Å². The normalized spacial score (nSPS) is 21.8. The van der Waals surface area contributed by atoms with Crippen LogP contribution in [0.15, 0.2) is 36.7 Å². The minimum atomic E-state index is -1.53. The number of carbonyl (C=O) groups excluding carboxylic acids is 2. The lowest BCUT2D eigenvalue weighted by atomic mass is 9.97. The molecule has 2 aromatic heterocycles. The predicted molar refractivity (Wildman–Crippen MR) is 102 cm³/mol. The van der Waals surface area contributed by atoms with E-state index in [4.69, 9.17) is 10.5 Å². The van der Waals surface area contributed by atoms with E-state index in [-0.39, 0.29) is 6.61 Å². The molecule has 0 spiro atoms. The summed E-state index contributed by atoms with van der Waals surface area (Å²) < 4.78 is 19.9. The molecule has 1 aromatic carbocycles. The van der Waals surface area contributed by atoms with E-state index in [0.29, 0.717) is 34.2 Å². The number of amides is 2. The topological polar surface area (TPSA) is 107 Å². The number of hydrogen-bond donors (Lipinski definition) is 2. The fraction of sp³-hybridized carbons (Fsp3) is 0.300. The number of alkyl halides is 1. The summed E-state index contributed by atoms with van der Waals surface area (Å²) in [5, 5.41) is 4.74. The summed E-state index contributed by atoms with van der Waals surface area (Å²) in [5.41, 5.74) is 6.28. The van der Waals surface area contributed by atoms with Crippen LogP contribution in [0.25, 0.3) is 21.7 Å². The van der Waals surface area contributed by atoms with Crippen LogP contribution in [-0.2, 0) is 4.79 Å². The van der Waals surface area contributed by atoms with Gasteiger partial charge in [-0.3, -0.25) is 14.6 Å². The second kappa shape index (κ2) is 7.03. The SMILES string of the molecule is CCC1C(COc2nccc3cc(C(N)=O)c4ncccc4c23)NC(=O)C1F. The number of halogens is 1. The average Bonchev–Trinajstić information content (AvgIpc) is 2.98. The van der Waals surface area contributed by atoms with Crippen molar-refractivity contribution in [2.75, 3.05) is 6.61 Å². The van der Waals surface area contributed by atoms with Crippen LogP contribution >= 0.6 is 0 Å². The number of nitrogens with one attached hydrogen (secondary N) is 1. The molecule has 2 amide bonds. The molecule has 7 nitrogen and oxygen atoms in total. The van der Waals surface area contributed by atoms with Crippen molar-refractivity contribution in [1.29, 1.82) is 0 Å². The van der Waals surface area contributed by atoms with Gasteiger partial charge in [-0.2, -0.15) is 0 Å². The molecule has 28 heavy (non-hydrogen) atoms. The van der Waals surface area contributed by atoms with E-state index in [1.807, 2.05) is 13.0 Å². The number of carbonyl (C=O) groups is 2. The van der Waals surface area contributed by atoms with E-state index in [0.717, 1.165) is 5.39 Å². The Morgan fingerprint density at radius 3 is 2.89 bits per heavy atom. The minimum Gasteiger partial charge on any atom is -0.475 e. The Hall–Kier alpha value is -3.29. The summed E-state index contributed by atoms with van der Waals surface area (Å²) >= 11 is 0. The number of fused-ring (bicyclic) bond motifs is 3. The molecule has 0 radical (unpaired) electrons. The lowest BCUT2D eigenvalue weighted by Crippen LogP contribution is -2.34. The molecule has 0 saturated carbocycles. The molecule has 3 heterocycles. The van der Waals surface area contributed by atoms with Gasteiger partial charge in [0.2, 0.25) is 5.88 Å². The molecule has 3 aromatic rings. The summed E-state index contributed by atoms with van der Waals surface area (Å²) in [7, 11) is 0. The van der Waals surface area contributed by atoms with Crippen molar-refractivity contribution in [1.82, 2.24) is 15.3 Å². The fourth-order valence-corrected chi connectivity index (χ4v) is 3.78. The van der Waals surface area contributed by atoms with Gasteiger partial charge in [0.05, 0.1) is 22.5 Å². The first kappa shape index (κ1) is 18.1. The van der Waals surface area contributed by atoms with E-state index < -0.39 is 29.9 Å². The first-order valence-corrected chi connectivity index (χ1v) is 9.04. The van der Waals surface area contributed by atoms with E-state index >= 15 is 0 Å². The quantitative estimate of drug-likeness (QED) is 0.658. The Labute approximate surface area is 160 Å². The highest BCUT2D eigenvalue weighted by atomic mass is 19.1. The zero-order valence-corrected chi connectivity index (χ0v) is 15.2. The molecule has 144 valence electrons. The molecule has 0 aliphatic carbocycles. The largest absolute Gasteiger partial charge is 0.475 e. The summed E-state index contributed by atoms with van der Waals surface area (Å²) in [6, 6.07) is 6.55. The molecule has 1 aliphatic rings. The lowest BCUT2D eigenvalue weighted by molar-refractivity contribution is -0.123. The maximum atomic E-state index is 14.0. The van der Waals surface area contributed by atoms with E-state index in [2.05, 4.69) is 15.3 Å². The average molecular weight is 382 g/mol. The standard InChI is InChI=1S/C20H19FN4O3/c1-2-11-14(25-19(27)16(11)21)9-28-20-15-10(5-7-24-20)8-13(18(22)26)17-12(15)4-3-6-23-17/h3-8,11,14,16H,2,9H2,1H3,(H2,22,26)(H,25,27). The highest BCUT2D eigenvalue weighted by molar-refractivity contribution is 6.16. The predicted octanol–water partition coefficient (Wildman–Crippen LogP) is 2.12. The van der Waals surface area contributed by atoms with Gasteiger partial charge < -0.3 is 15.8 Å².